The van der Waals surface area contributed by atoms with E-state index in [1.807, 2.05) is 0 Å². The molecule has 0 atom stereocenters. The molecule has 4 heteroatoms. The number of halogens is 1. The zero-order valence-electron chi connectivity index (χ0n) is 17.4. The van der Waals surface area contributed by atoms with Crippen LogP contribution in [0.3, 0.4) is 0 Å². The van der Waals surface area contributed by atoms with Crippen LogP contribution in [-0.2, 0) is 9.47 Å². The highest BCUT2D eigenvalue weighted by molar-refractivity contribution is 7.96. The van der Waals surface area contributed by atoms with Crippen molar-refractivity contribution >= 4 is 23.2 Å². The Morgan fingerprint density at radius 3 is 1.21 bits per heavy atom. The average molecular weight is 427 g/mol. The van der Waals surface area contributed by atoms with E-state index in [2.05, 4.69) is 111 Å². The highest BCUT2D eigenvalue weighted by Gasteiger charge is 2.64. The van der Waals surface area contributed by atoms with Crippen LogP contribution in [0.15, 0.2) is 103 Å². The summed E-state index contributed by atoms with van der Waals surface area (Å²) < 4.78 is 12.6. The van der Waals surface area contributed by atoms with Crippen LogP contribution >= 0.6 is 7.26 Å². The molecule has 0 saturated carbocycles. The van der Waals surface area contributed by atoms with Gasteiger partial charge in [-0.1, -0.05) is 60.2 Å². The molecule has 0 aliphatic carbocycles. The number of rotatable bonds is 7. The van der Waals surface area contributed by atoms with Gasteiger partial charge in [0.1, 0.15) is 15.9 Å². The van der Waals surface area contributed by atoms with Crippen LogP contribution in [0.5, 0.6) is 0 Å². The van der Waals surface area contributed by atoms with E-state index >= 15 is 0 Å². The highest BCUT2D eigenvalue weighted by Crippen LogP contribution is 2.67. The Morgan fingerprint density at radius 1 is 0.655 bits per heavy atom. The van der Waals surface area contributed by atoms with Crippen molar-refractivity contribution in [3.05, 3.63) is 103 Å². The van der Waals surface area contributed by atoms with Gasteiger partial charge in [-0.25, -0.2) is 0 Å². The number of ether oxygens (including phenoxy) is 2. The summed E-state index contributed by atoms with van der Waals surface area (Å²) in [6.07, 6.45) is 2.13. The maximum atomic E-state index is 6.28. The summed E-state index contributed by atoms with van der Waals surface area (Å²) >= 11 is 0. The Balaban J connectivity index is 0.00000300. The lowest BCUT2D eigenvalue weighted by molar-refractivity contribution is -0.103. The highest BCUT2D eigenvalue weighted by atomic mass is 35.5. The lowest BCUT2D eigenvalue weighted by Crippen LogP contribution is -3.00. The summed E-state index contributed by atoms with van der Waals surface area (Å²) in [7, 11) is 1.12. The second kappa shape index (κ2) is 10.2. The van der Waals surface area contributed by atoms with Crippen molar-refractivity contribution in [2.24, 2.45) is 0 Å². The molecule has 0 aromatic heterocycles. The number of allylic oxidation sites excluding steroid dienone is 1. The minimum absolute atomic E-state index is 0. The molecule has 0 aliphatic heterocycles. The largest absolute Gasteiger partial charge is 1.00 e. The Kier molecular flexibility index (Phi) is 8.19. The molecule has 0 aliphatic rings. The predicted molar refractivity (Wildman–Crippen MR) is 121 cm³/mol. The first-order valence-corrected chi connectivity index (χ1v) is 11.2. The molecule has 29 heavy (non-hydrogen) atoms. The molecular weight excluding hydrogens is 399 g/mol. The lowest BCUT2D eigenvalue weighted by atomic mass is 10.3. The number of hydrogen-bond donors (Lipinski definition) is 0. The average Bonchev–Trinajstić information content (AvgIpc) is 2.75. The number of benzene rings is 3. The van der Waals surface area contributed by atoms with Crippen LogP contribution in [-0.4, -0.2) is 19.7 Å². The van der Waals surface area contributed by atoms with Crippen LogP contribution in [0.4, 0.5) is 0 Å². The molecule has 3 aromatic rings. The van der Waals surface area contributed by atoms with E-state index in [1.165, 1.54) is 15.9 Å². The summed E-state index contributed by atoms with van der Waals surface area (Å²) in [6, 6.07) is 31.9. The fourth-order valence-corrected chi connectivity index (χ4v) is 8.71. The lowest BCUT2D eigenvalue weighted by Gasteiger charge is -2.40. The minimum Gasteiger partial charge on any atom is -1.00 e. The molecule has 3 rings (SSSR count). The molecule has 152 valence electrons. The van der Waals surface area contributed by atoms with Gasteiger partial charge in [0.05, 0.1) is 0 Å². The maximum Gasteiger partial charge on any atom is 0.318 e. The van der Waals surface area contributed by atoms with Crippen LogP contribution in [0.1, 0.15) is 13.8 Å². The van der Waals surface area contributed by atoms with E-state index in [4.69, 9.17) is 9.47 Å². The van der Waals surface area contributed by atoms with Gasteiger partial charge in [0.15, 0.2) is 7.26 Å². The molecule has 0 bridgehead atoms. The first-order chi connectivity index (χ1) is 13.6. The van der Waals surface area contributed by atoms with Crippen LogP contribution in [0.25, 0.3) is 0 Å². The summed E-state index contributed by atoms with van der Waals surface area (Å²) in [4.78, 5) is 0. The fraction of sp³-hybridized carbons (Fsp3) is 0.200. The van der Waals surface area contributed by atoms with Crippen LogP contribution in [0, 0.1) is 0 Å². The number of hydrogen-bond acceptors (Lipinski definition) is 2. The molecule has 0 amide bonds. The van der Waals surface area contributed by atoms with Gasteiger partial charge >= 0.3 is 5.53 Å². The van der Waals surface area contributed by atoms with Crippen molar-refractivity contribution in [2.75, 3.05) is 14.2 Å². The third-order valence-corrected chi connectivity index (χ3v) is 9.60. The van der Waals surface area contributed by atoms with E-state index in [9.17, 15) is 0 Å². The van der Waals surface area contributed by atoms with Gasteiger partial charge in [-0.2, -0.15) is 0 Å². The molecule has 3 aromatic carbocycles. The first-order valence-electron chi connectivity index (χ1n) is 9.43. The second-order valence-electron chi connectivity index (χ2n) is 6.94. The topological polar surface area (TPSA) is 18.5 Å². The molecule has 0 saturated heterocycles. The van der Waals surface area contributed by atoms with Gasteiger partial charge in [-0.05, 0) is 50.2 Å². The molecular formula is C25H28ClO2P. The van der Waals surface area contributed by atoms with Crippen molar-refractivity contribution < 1.29 is 21.9 Å². The van der Waals surface area contributed by atoms with Gasteiger partial charge in [0.25, 0.3) is 0 Å². The smallest absolute Gasteiger partial charge is 0.318 e. The van der Waals surface area contributed by atoms with Crippen molar-refractivity contribution in [3.8, 4) is 0 Å². The van der Waals surface area contributed by atoms with Gasteiger partial charge < -0.3 is 21.9 Å². The second-order valence-corrected chi connectivity index (χ2v) is 10.5. The zero-order valence-corrected chi connectivity index (χ0v) is 19.0. The summed E-state index contributed by atoms with van der Waals surface area (Å²) in [5.41, 5.74) is 0.228. The van der Waals surface area contributed by atoms with Gasteiger partial charge in [0, 0.05) is 20.3 Å². The Labute approximate surface area is 181 Å². The molecule has 0 heterocycles. The quantitative estimate of drug-likeness (QED) is 0.326. The molecule has 0 spiro atoms. The van der Waals surface area contributed by atoms with Crippen molar-refractivity contribution in [2.45, 2.75) is 19.4 Å². The van der Waals surface area contributed by atoms with E-state index in [0.29, 0.717) is 0 Å². The zero-order chi connectivity index (χ0) is 20.0. The van der Waals surface area contributed by atoms with Gasteiger partial charge in [0.2, 0.25) is 0 Å². The van der Waals surface area contributed by atoms with Crippen LogP contribution in [0.2, 0.25) is 0 Å². The van der Waals surface area contributed by atoms with Crippen molar-refractivity contribution in [3.63, 3.8) is 0 Å². The molecule has 0 radical (unpaired) electrons. The summed E-state index contributed by atoms with van der Waals surface area (Å²) in [5.74, 6) is 0. The van der Waals surface area contributed by atoms with E-state index in [-0.39, 0.29) is 12.4 Å². The van der Waals surface area contributed by atoms with E-state index in [1.54, 1.807) is 14.2 Å². The normalized spacial score (nSPS) is 11.4. The third kappa shape index (κ3) is 4.17. The minimum atomic E-state index is -2.37. The fourth-order valence-electron chi connectivity index (χ4n) is 3.88. The molecule has 0 N–H and O–H groups in total. The SMILES string of the molecule is COC(C=C(C)C)(OC)[P+](c1ccccc1)(c1ccccc1)c1ccccc1.[Cl-]. The van der Waals surface area contributed by atoms with Crippen molar-refractivity contribution in [1.29, 1.82) is 0 Å². The van der Waals surface area contributed by atoms with Crippen LogP contribution < -0.4 is 28.3 Å². The Bertz CT molecular complexity index is 807. The maximum absolute atomic E-state index is 6.28. The predicted octanol–water partition coefficient (Wildman–Crippen LogP) is 1.90. The summed E-state index contributed by atoms with van der Waals surface area (Å²) in [5, 5.41) is 3.65. The van der Waals surface area contributed by atoms with Crippen molar-refractivity contribution in [1.82, 2.24) is 0 Å². The number of methoxy groups -OCH3 is 2. The monoisotopic (exact) mass is 426 g/mol. The Hall–Kier alpha value is -1.96. The molecule has 0 fully saturated rings. The van der Waals surface area contributed by atoms with E-state index in [0.717, 1.165) is 5.57 Å². The Morgan fingerprint density at radius 2 is 0.966 bits per heavy atom. The van der Waals surface area contributed by atoms with Gasteiger partial charge in [-0.3, -0.25) is 0 Å². The summed E-state index contributed by atoms with van der Waals surface area (Å²) in [6.45, 7) is 4.17. The van der Waals surface area contributed by atoms with Gasteiger partial charge in [-0.15, -0.1) is 0 Å². The third-order valence-electron chi connectivity index (χ3n) is 4.95. The molecule has 2 nitrogen and oxygen atoms in total. The first kappa shape index (κ1) is 23.3. The van der Waals surface area contributed by atoms with E-state index < -0.39 is 12.8 Å². The molecule has 0 unspecified atom stereocenters. The standard InChI is InChI=1S/C25H28O2P.ClH/c1-21(2)20-25(26-3,27-4)28(22-14-8-5-9-15-22,23-16-10-6-11-17-23)24-18-12-7-13-19-24;/h5-20H,1-4H3;1H/q+1;/p-1.